The number of hydrogen-bond donors (Lipinski definition) is 2. The van der Waals surface area contributed by atoms with Crippen molar-refractivity contribution in [2.45, 2.75) is 30.0 Å². The van der Waals surface area contributed by atoms with Crippen LogP contribution < -0.4 is 10.6 Å². The van der Waals surface area contributed by atoms with Crippen LogP contribution in [0, 0.1) is 5.82 Å². The van der Waals surface area contributed by atoms with E-state index < -0.39 is 0 Å². The zero-order valence-corrected chi connectivity index (χ0v) is 16.5. The van der Waals surface area contributed by atoms with Crippen LogP contribution in [0.15, 0.2) is 41.3 Å². The van der Waals surface area contributed by atoms with E-state index in [-0.39, 0.29) is 36.4 Å². The van der Waals surface area contributed by atoms with E-state index in [0.717, 1.165) is 15.7 Å². The summed E-state index contributed by atoms with van der Waals surface area (Å²) in [6, 6.07) is 6.19. The first-order valence-corrected chi connectivity index (χ1v) is 10.2. The van der Waals surface area contributed by atoms with E-state index in [1.165, 1.54) is 35.2 Å². The quantitative estimate of drug-likeness (QED) is 0.357. The molecule has 0 fully saturated rings. The van der Waals surface area contributed by atoms with Gasteiger partial charge in [0.2, 0.25) is 16.9 Å². The molecule has 27 heavy (non-hydrogen) atoms. The van der Waals surface area contributed by atoms with Crippen LogP contribution in [0.4, 0.5) is 9.52 Å². The molecule has 0 aliphatic rings. The van der Waals surface area contributed by atoms with E-state index >= 15 is 0 Å². The lowest BCUT2D eigenvalue weighted by atomic mass is 10.0. The first kappa shape index (κ1) is 21.0. The minimum atomic E-state index is -0.289. The Balaban J connectivity index is 1.68. The average Bonchev–Trinajstić information content (AvgIpc) is 3.10. The minimum absolute atomic E-state index is 0.0521. The van der Waals surface area contributed by atoms with Crippen LogP contribution in [0.3, 0.4) is 0 Å². The fourth-order valence-corrected chi connectivity index (χ4v) is 3.65. The van der Waals surface area contributed by atoms with E-state index in [1.807, 2.05) is 6.92 Å². The van der Waals surface area contributed by atoms with Gasteiger partial charge < -0.3 is 10.6 Å². The molecule has 1 aromatic carbocycles. The highest BCUT2D eigenvalue weighted by molar-refractivity contribution is 8.01. The Morgan fingerprint density at radius 3 is 2.67 bits per heavy atom. The number of carbonyl (C=O) groups excluding carboxylic acids is 2. The largest absolute Gasteiger partial charge is 0.355 e. The number of hydrogen-bond acceptors (Lipinski definition) is 6. The number of halogens is 1. The Kier molecular flexibility index (Phi) is 8.41. The van der Waals surface area contributed by atoms with Crippen LogP contribution in [-0.4, -0.2) is 34.3 Å². The standard InChI is InChI=1S/C18H21FN4O2S2/c1-3-10-26-18-23-22-17(27-18)21-16(25)9-8-15(24)20-11-12(2)13-4-6-14(19)7-5-13/h3-7,12H,1,8-11H2,2H3,(H,20,24)(H,21,22,25). The lowest BCUT2D eigenvalue weighted by Gasteiger charge is -2.13. The second kappa shape index (κ2) is 10.8. The molecule has 1 atom stereocenters. The van der Waals surface area contributed by atoms with Crippen molar-refractivity contribution in [3.05, 3.63) is 48.3 Å². The number of anilines is 1. The molecule has 144 valence electrons. The number of carbonyl (C=O) groups is 2. The molecule has 0 bridgehead atoms. The van der Waals surface area contributed by atoms with E-state index in [9.17, 15) is 14.0 Å². The number of thioether (sulfide) groups is 1. The van der Waals surface area contributed by atoms with Gasteiger partial charge in [0.05, 0.1) is 0 Å². The molecular formula is C18H21FN4O2S2. The van der Waals surface area contributed by atoms with Crippen LogP contribution >= 0.6 is 23.1 Å². The SMILES string of the molecule is C=CCSc1nnc(NC(=O)CCC(=O)NCC(C)c2ccc(F)cc2)s1. The van der Waals surface area contributed by atoms with Crippen LogP contribution in [0.25, 0.3) is 0 Å². The summed E-state index contributed by atoms with van der Waals surface area (Å²) in [5.41, 5.74) is 0.941. The Labute approximate surface area is 165 Å². The third kappa shape index (κ3) is 7.48. The predicted octanol–water partition coefficient (Wildman–Crippen LogP) is 3.59. The predicted molar refractivity (Wildman–Crippen MR) is 107 cm³/mol. The molecule has 6 nitrogen and oxygen atoms in total. The van der Waals surface area contributed by atoms with Crippen molar-refractivity contribution in [3.63, 3.8) is 0 Å². The van der Waals surface area contributed by atoms with Gasteiger partial charge in [0.1, 0.15) is 5.82 Å². The van der Waals surface area contributed by atoms with Crippen LogP contribution in [0.5, 0.6) is 0 Å². The number of amides is 2. The second-order valence-electron chi connectivity index (χ2n) is 5.78. The highest BCUT2D eigenvalue weighted by Crippen LogP contribution is 2.25. The van der Waals surface area contributed by atoms with Crippen molar-refractivity contribution in [1.29, 1.82) is 0 Å². The first-order chi connectivity index (χ1) is 13.0. The summed E-state index contributed by atoms with van der Waals surface area (Å²) in [7, 11) is 0. The van der Waals surface area contributed by atoms with Gasteiger partial charge in [-0.3, -0.25) is 9.59 Å². The molecule has 1 aromatic heterocycles. The molecule has 0 saturated carbocycles. The number of rotatable bonds is 10. The summed E-state index contributed by atoms with van der Waals surface area (Å²) in [5.74, 6) is -0.00936. The molecule has 0 saturated heterocycles. The Morgan fingerprint density at radius 1 is 1.26 bits per heavy atom. The number of benzene rings is 1. The Hall–Kier alpha value is -2.26. The van der Waals surface area contributed by atoms with Gasteiger partial charge in [-0.15, -0.1) is 16.8 Å². The first-order valence-electron chi connectivity index (χ1n) is 8.37. The lowest BCUT2D eigenvalue weighted by Crippen LogP contribution is -2.28. The lowest BCUT2D eigenvalue weighted by molar-refractivity contribution is -0.124. The molecule has 1 heterocycles. The summed E-state index contributed by atoms with van der Waals surface area (Å²) >= 11 is 2.77. The van der Waals surface area contributed by atoms with Gasteiger partial charge in [-0.2, -0.15) is 0 Å². The van der Waals surface area contributed by atoms with Crippen molar-refractivity contribution in [3.8, 4) is 0 Å². The third-order valence-corrected chi connectivity index (χ3v) is 5.57. The van der Waals surface area contributed by atoms with Crippen LogP contribution in [-0.2, 0) is 9.59 Å². The maximum atomic E-state index is 12.9. The van der Waals surface area contributed by atoms with Crippen LogP contribution in [0.2, 0.25) is 0 Å². The zero-order chi connectivity index (χ0) is 19.6. The minimum Gasteiger partial charge on any atom is -0.355 e. The topological polar surface area (TPSA) is 84.0 Å². The van der Waals surface area contributed by atoms with Gasteiger partial charge in [0, 0.05) is 25.1 Å². The summed E-state index contributed by atoms with van der Waals surface area (Å²) in [5, 5.41) is 13.7. The van der Waals surface area contributed by atoms with Gasteiger partial charge in [-0.25, -0.2) is 4.39 Å². The molecule has 0 radical (unpaired) electrons. The van der Waals surface area contributed by atoms with Gasteiger partial charge >= 0.3 is 0 Å². The maximum Gasteiger partial charge on any atom is 0.226 e. The van der Waals surface area contributed by atoms with Crippen molar-refractivity contribution in [1.82, 2.24) is 15.5 Å². The van der Waals surface area contributed by atoms with Crippen molar-refractivity contribution in [2.75, 3.05) is 17.6 Å². The van der Waals surface area contributed by atoms with Gasteiger partial charge in [-0.05, 0) is 23.6 Å². The monoisotopic (exact) mass is 408 g/mol. The number of aromatic nitrogens is 2. The fraction of sp³-hybridized carbons (Fsp3) is 0.333. The average molecular weight is 409 g/mol. The van der Waals surface area contributed by atoms with E-state index in [4.69, 9.17) is 0 Å². The molecule has 0 spiro atoms. The third-order valence-electron chi connectivity index (χ3n) is 3.60. The molecule has 2 aromatic rings. The fourth-order valence-electron chi connectivity index (χ4n) is 2.12. The molecule has 1 unspecified atom stereocenters. The second-order valence-corrected chi connectivity index (χ2v) is 8.02. The summed E-state index contributed by atoms with van der Waals surface area (Å²) < 4.78 is 13.7. The highest BCUT2D eigenvalue weighted by atomic mass is 32.2. The van der Waals surface area contributed by atoms with Crippen molar-refractivity contribution >= 4 is 40.0 Å². The molecule has 9 heteroatoms. The van der Waals surface area contributed by atoms with E-state index in [1.54, 1.807) is 18.2 Å². The van der Waals surface area contributed by atoms with Gasteiger partial charge in [0.15, 0.2) is 4.34 Å². The molecule has 2 amide bonds. The summed E-state index contributed by atoms with van der Waals surface area (Å²) in [6.45, 7) is 6.00. The molecule has 0 aliphatic carbocycles. The van der Waals surface area contributed by atoms with E-state index in [2.05, 4.69) is 27.4 Å². The van der Waals surface area contributed by atoms with E-state index in [0.29, 0.717) is 11.7 Å². The maximum absolute atomic E-state index is 12.9. The molecular weight excluding hydrogens is 387 g/mol. The van der Waals surface area contributed by atoms with Gasteiger partial charge in [0.25, 0.3) is 0 Å². The summed E-state index contributed by atoms with van der Waals surface area (Å²) in [4.78, 5) is 23.8. The zero-order valence-electron chi connectivity index (χ0n) is 14.9. The number of nitrogens with one attached hydrogen (secondary N) is 2. The number of nitrogens with zero attached hydrogens (tertiary/aromatic N) is 2. The molecule has 0 aliphatic heterocycles. The summed E-state index contributed by atoms with van der Waals surface area (Å²) in [6.07, 6.45) is 1.91. The highest BCUT2D eigenvalue weighted by Gasteiger charge is 2.12. The normalized spacial score (nSPS) is 11.6. The van der Waals surface area contributed by atoms with Crippen molar-refractivity contribution < 1.29 is 14.0 Å². The molecule has 2 rings (SSSR count). The smallest absolute Gasteiger partial charge is 0.226 e. The van der Waals surface area contributed by atoms with Crippen molar-refractivity contribution in [2.24, 2.45) is 0 Å². The Morgan fingerprint density at radius 2 is 1.96 bits per heavy atom. The van der Waals surface area contributed by atoms with Gasteiger partial charge in [-0.1, -0.05) is 48.2 Å². The van der Waals surface area contributed by atoms with Crippen LogP contribution in [0.1, 0.15) is 31.2 Å². The Bertz CT molecular complexity index is 780. The molecule has 2 N–H and O–H groups in total.